The van der Waals surface area contributed by atoms with E-state index in [2.05, 4.69) is 9.97 Å². The fourth-order valence-corrected chi connectivity index (χ4v) is 1.48. The number of aromatic amines is 1. The molecule has 0 spiro atoms. The topological polar surface area (TPSA) is 92.3 Å². The molecule has 0 aliphatic heterocycles. The molecule has 0 radical (unpaired) electrons. The van der Waals surface area contributed by atoms with Crippen LogP contribution in [-0.2, 0) is 0 Å². The summed E-state index contributed by atoms with van der Waals surface area (Å²) in [7, 11) is 1.54. The lowest BCUT2D eigenvalue weighted by Gasteiger charge is -2.03. The highest BCUT2D eigenvalue weighted by molar-refractivity contribution is 5.86. The lowest BCUT2D eigenvalue weighted by molar-refractivity contribution is 0.0690. The van der Waals surface area contributed by atoms with Crippen LogP contribution in [0.1, 0.15) is 10.5 Å². The molecule has 2 aromatic rings. The van der Waals surface area contributed by atoms with Crippen LogP contribution in [0.25, 0.3) is 11.3 Å². The lowest BCUT2D eigenvalue weighted by atomic mass is 10.1. The molecule has 2 rings (SSSR count). The molecule has 1 aromatic carbocycles. The van der Waals surface area contributed by atoms with E-state index in [0.717, 1.165) is 0 Å². The van der Waals surface area contributed by atoms with E-state index in [9.17, 15) is 9.59 Å². The van der Waals surface area contributed by atoms with Gasteiger partial charge in [0.2, 0.25) is 0 Å². The second-order valence-corrected chi connectivity index (χ2v) is 3.52. The van der Waals surface area contributed by atoms with Crippen LogP contribution in [0, 0.1) is 0 Å². The summed E-state index contributed by atoms with van der Waals surface area (Å²) in [6.07, 6.45) is 0. The van der Waals surface area contributed by atoms with Gasteiger partial charge in [0.1, 0.15) is 11.4 Å². The summed E-state index contributed by atoms with van der Waals surface area (Å²) in [5.74, 6) is -0.536. The van der Waals surface area contributed by atoms with Gasteiger partial charge in [-0.2, -0.15) is 4.98 Å². The number of rotatable bonds is 3. The van der Waals surface area contributed by atoms with E-state index in [1.807, 2.05) is 0 Å². The number of aromatic carboxylic acids is 1. The van der Waals surface area contributed by atoms with E-state index in [1.54, 1.807) is 31.4 Å². The minimum Gasteiger partial charge on any atom is -0.497 e. The van der Waals surface area contributed by atoms with Gasteiger partial charge in [0.05, 0.1) is 12.8 Å². The van der Waals surface area contributed by atoms with Crippen molar-refractivity contribution in [3.63, 3.8) is 0 Å². The van der Waals surface area contributed by atoms with Gasteiger partial charge in [-0.25, -0.2) is 9.59 Å². The van der Waals surface area contributed by atoms with Crippen molar-refractivity contribution in [3.05, 3.63) is 46.5 Å². The predicted molar refractivity (Wildman–Crippen MR) is 63.8 cm³/mol. The molecule has 0 amide bonds. The smallest absolute Gasteiger partial charge is 0.352 e. The maximum absolute atomic E-state index is 11.3. The van der Waals surface area contributed by atoms with Gasteiger partial charge in [0, 0.05) is 5.56 Å². The van der Waals surface area contributed by atoms with Gasteiger partial charge < -0.3 is 9.84 Å². The Bertz CT molecular complexity index is 631. The number of nitrogens with one attached hydrogen (secondary N) is 1. The van der Waals surface area contributed by atoms with Crippen molar-refractivity contribution < 1.29 is 14.6 Å². The zero-order valence-corrected chi connectivity index (χ0v) is 9.51. The van der Waals surface area contributed by atoms with Crippen molar-refractivity contribution >= 4 is 5.97 Å². The fourth-order valence-electron chi connectivity index (χ4n) is 1.48. The number of benzene rings is 1. The standard InChI is InChI=1S/C12H10N2O4/c1-18-8-4-2-7(3-5-8)9-6-10(11(15)16)14-12(17)13-9/h2-6H,1H3,(H,15,16)(H,13,14,17). The normalized spacial score (nSPS) is 10.1. The number of hydrogen-bond acceptors (Lipinski definition) is 4. The SMILES string of the molecule is COc1ccc(-c2cc(C(=O)O)[nH]c(=O)n2)cc1. The van der Waals surface area contributed by atoms with Crippen molar-refractivity contribution in [1.82, 2.24) is 9.97 Å². The van der Waals surface area contributed by atoms with Gasteiger partial charge in [-0.05, 0) is 30.3 Å². The van der Waals surface area contributed by atoms with Crippen molar-refractivity contribution in [2.45, 2.75) is 0 Å². The first kappa shape index (κ1) is 11.8. The third kappa shape index (κ3) is 2.37. The van der Waals surface area contributed by atoms with E-state index in [1.165, 1.54) is 6.07 Å². The van der Waals surface area contributed by atoms with Crippen LogP contribution in [0.3, 0.4) is 0 Å². The zero-order chi connectivity index (χ0) is 13.1. The molecule has 0 unspecified atom stereocenters. The Balaban J connectivity index is 2.49. The van der Waals surface area contributed by atoms with Crippen molar-refractivity contribution in [2.75, 3.05) is 7.11 Å². The average molecular weight is 246 g/mol. The maximum atomic E-state index is 11.3. The summed E-state index contributed by atoms with van der Waals surface area (Å²) < 4.78 is 5.01. The summed E-state index contributed by atoms with van der Waals surface area (Å²) in [6, 6.07) is 8.13. The van der Waals surface area contributed by atoms with Gasteiger partial charge in [0.25, 0.3) is 0 Å². The second-order valence-electron chi connectivity index (χ2n) is 3.52. The van der Waals surface area contributed by atoms with Gasteiger partial charge >= 0.3 is 11.7 Å². The van der Waals surface area contributed by atoms with Gasteiger partial charge in [0.15, 0.2) is 0 Å². The second kappa shape index (κ2) is 4.70. The Morgan fingerprint density at radius 1 is 1.33 bits per heavy atom. The number of carboxylic acids is 1. The van der Waals surface area contributed by atoms with Crippen LogP contribution in [-0.4, -0.2) is 28.2 Å². The first-order valence-corrected chi connectivity index (χ1v) is 5.09. The Kier molecular flexibility index (Phi) is 3.09. The summed E-state index contributed by atoms with van der Waals surface area (Å²) >= 11 is 0. The number of ether oxygens (including phenoxy) is 1. The molecule has 0 saturated heterocycles. The third-order valence-corrected chi connectivity index (χ3v) is 2.36. The predicted octanol–water partition coefficient (Wildman–Crippen LogP) is 1.14. The summed E-state index contributed by atoms with van der Waals surface area (Å²) in [5, 5.41) is 8.84. The molecule has 92 valence electrons. The summed E-state index contributed by atoms with van der Waals surface area (Å²) in [4.78, 5) is 28.0. The number of nitrogens with zero attached hydrogens (tertiary/aromatic N) is 1. The Morgan fingerprint density at radius 3 is 2.56 bits per heavy atom. The molecule has 0 bridgehead atoms. The van der Waals surface area contributed by atoms with E-state index in [-0.39, 0.29) is 5.69 Å². The quantitative estimate of drug-likeness (QED) is 0.847. The van der Waals surface area contributed by atoms with Crippen LogP contribution < -0.4 is 10.4 Å². The molecule has 0 aliphatic rings. The third-order valence-electron chi connectivity index (χ3n) is 2.36. The minimum atomic E-state index is -1.20. The highest BCUT2D eigenvalue weighted by Gasteiger charge is 2.08. The van der Waals surface area contributed by atoms with Crippen LogP contribution >= 0.6 is 0 Å². The number of carboxylic acid groups (broad SMARTS) is 1. The molecule has 0 atom stereocenters. The van der Waals surface area contributed by atoms with Crippen LogP contribution in [0.4, 0.5) is 0 Å². The number of methoxy groups -OCH3 is 1. The molecule has 0 aliphatic carbocycles. The number of H-pyrrole nitrogens is 1. The van der Waals surface area contributed by atoms with E-state index < -0.39 is 11.7 Å². The van der Waals surface area contributed by atoms with Crippen molar-refractivity contribution in [3.8, 4) is 17.0 Å². The van der Waals surface area contributed by atoms with Crippen LogP contribution in [0.5, 0.6) is 5.75 Å². The van der Waals surface area contributed by atoms with Crippen molar-refractivity contribution in [2.24, 2.45) is 0 Å². The molecular formula is C12H10N2O4. The van der Waals surface area contributed by atoms with E-state index in [0.29, 0.717) is 17.0 Å². The molecule has 0 saturated carbocycles. The van der Waals surface area contributed by atoms with Crippen LogP contribution in [0.15, 0.2) is 35.1 Å². The molecule has 1 heterocycles. The monoisotopic (exact) mass is 246 g/mol. The summed E-state index contributed by atoms with van der Waals surface area (Å²) in [5.41, 5.74) is 0.0599. The average Bonchev–Trinajstić information content (AvgIpc) is 2.38. The zero-order valence-electron chi connectivity index (χ0n) is 9.51. The Morgan fingerprint density at radius 2 is 2.00 bits per heavy atom. The van der Waals surface area contributed by atoms with Gasteiger partial charge in [-0.15, -0.1) is 0 Å². The fraction of sp³-hybridized carbons (Fsp3) is 0.0833. The van der Waals surface area contributed by atoms with E-state index >= 15 is 0 Å². The highest BCUT2D eigenvalue weighted by Crippen LogP contribution is 2.19. The first-order valence-electron chi connectivity index (χ1n) is 5.09. The number of hydrogen-bond donors (Lipinski definition) is 2. The Hall–Kier alpha value is -2.63. The molecule has 6 nitrogen and oxygen atoms in total. The summed E-state index contributed by atoms with van der Waals surface area (Å²) in [6.45, 7) is 0. The van der Waals surface area contributed by atoms with Crippen molar-refractivity contribution in [1.29, 1.82) is 0 Å². The number of carbonyl (C=O) groups is 1. The van der Waals surface area contributed by atoms with E-state index in [4.69, 9.17) is 9.84 Å². The highest BCUT2D eigenvalue weighted by atomic mass is 16.5. The molecule has 18 heavy (non-hydrogen) atoms. The van der Waals surface area contributed by atoms with Crippen LogP contribution in [0.2, 0.25) is 0 Å². The Labute approximate surface area is 102 Å². The number of aromatic nitrogens is 2. The largest absolute Gasteiger partial charge is 0.497 e. The first-order chi connectivity index (χ1) is 8.60. The van der Waals surface area contributed by atoms with Gasteiger partial charge in [-0.1, -0.05) is 0 Å². The molecule has 6 heteroatoms. The molecule has 2 N–H and O–H groups in total. The molecule has 1 aromatic heterocycles. The molecular weight excluding hydrogens is 236 g/mol. The van der Waals surface area contributed by atoms with Gasteiger partial charge in [-0.3, -0.25) is 4.98 Å². The maximum Gasteiger partial charge on any atom is 0.352 e. The molecule has 0 fully saturated rings. The lowest BCUT2D eigenvalue weighted by Crippen LogP contribution is -2.16. The minimum absolute atomic E-state index is 0.194.